The maximum Gasteiger partial charge on any atom is 0.225 e. The van der Waals surface area contributed by atoms with Crippen LogP contribution >= 0.6 is 0 Å². The van der Waals surface area contributed by atoms with Crippen LogP contribution in [0, 0.1) is 5.92 Å². The molecule has 3 rings (SSSR count). The van der Waals surface area contributed by atoms with Crippen LogP contribution in [0.25, 0.3) is 0 Å². The van der Waals surface area contributed by atoms with Gasteiger partial charge in [0.05, 0.1) is 19.1 Å². The van der Waals surface area contributed by atoms with E-state index in [9.17, 15) is 9.59 Å². The predicted octanol–water partition coefficient (Wildman–Crippen LogP) is 3.35. The monoisotopic (exact) mass is 380 g/mol. The molecule has 148 valence electrons. The Balaban J connectivity index is 1.63. The van der Waals surface area contributed by atoms with Crippen molar-refractivity contribution < 1.29 is 14.3 Å². The van der Waals surface area contributed by atoms with Gasteiger partial charge in [-0.2, -0.15) is 0 Å². The lowest BCUT2D eigenvalue weighted by Crippen LogP contribution is -2.46. The van der Waals surface area contributed by atoms with Gasteiger partial charge in [0.15, 0.2) is 0 Å². The normalized spacial score (nSPS) is 19.4. The molecule has 0 aromatic heterocycles. The Labute approximate surface area is 166 Å². The van der Waals surface area contributed by atoms with Crippen molar-refractivity contribution in [3.8, 4) is 5.75 Å². The van der Waals surface area contributed by atoms with Gasteiger partial charge in [0.2, 0.25) is 11.8 Å². The second-order valence-electron chi connectivity index (χ2n) is 7.25. The molecule has 5 heteroatoms. The Morgan fingerprint density at radius 3 is 2.54 bits per heavy atom. The third-order valence-corrected chi connectivity index (χ3v) is 5.44. The first-order valence-electron chi connectivity index (χ1n) is 9.81. The van der Waals surface area contributed by atoms with Crippen molar-refractivity contribution in [1.82, 2.24) is 10.2 Å². The molecule has 1 aliphatic heterocycles. The van der Waals surface area contributed by atoms with Gasteiger partial charge in [-0.3, -0.25) is 9.59 Å². The molecule has 1 fully saturated rings. The first-order chi connectivity index (χ1) is 13.6. The average molecular weight is 380 g/mol. The molecule has 2 atom stereocenters. The molecule has 1 saturated heterocycles. The van der Waals surface area contributed by atoms with E-state index < -0.39 is 0 Å². The zero-order valence-electron chi connectivity index (χ0n) is 16.6. The number of ether oxygens (including phenoxy) is 1. The SMILES string of the molecule is COc1ccc([C@H]2[C@H](C(=O)NCCCc3ccccc3)CCC(=O)N2C)cc1. The van der Waals surface area contributed by atoms with Crippen molar-refractivity contribution in [2.75, 3.05) is 20.7 Å². The highest BCUT2D eigenvalue weighted by Gasteiger charge is 2.38. The molecule has 2 aromatic rings. The predicted molar refractivity (Wildman–Crippen MR) is 109 cm³/mol. The Hall–Kier alpha value is -2.82. The average Bonchev–Trinajstić information content (AvgIpc) is 2.74. The van der Waals surface area contributed by atoms with E-state index in [1.807, 2.05) is 42.5 Å². The van der Waals surface area contributed by atoms with Gasteiger partial charge in [-0.1, -0.05) is 42.5 Å². The molecule has 1 aliphatic rings. The van der Waals surface area contributed by atoms with Crippen molar-refractivity contribution in [3.63, 3.8) is 0 Å². The Morgan fingerprint density at radius 2 is 1.86 bits per heavy atom. The number of hydrogen-bond donors (Lipinski definition) is 1. The molecule has 0 bridgehead atoms. The number of carbonyl (C=O) groups excluding carboxylic acids is 2. The van der Waals surface area contributed by atoms with Gasteiger partial charge < -0.3 is 15.0 Å². The number of benzene rings is 2. The number of nitrogens with zero attached hydrogens (tertiary/aromatic N) is 1. The fraction of sp³-hybridized carbons (Fsp3) is 0.391. The van der Waals surface area contributed by atoms with Crippen LogP contribution in [-0.4, -0.2) is 37.4 Å². The van der Waals surface area contributed by atoms with E-state index in [2.05, 4.69) is 17.4 Å². The van der Waals surface area contributed by atoms with E-state index in [0.29, 0.717) is 19.4 Å². The van der Waals surface area contributed by atoms with Crippen LogP contribution in [0.2, 0.25) is 0 Å². The first-order valence-corrected chi connectivity index (χ1v) is 9.81. The summed E-state index contributed by atoms with van der Waals surface area (Å²) in [5.41, 5.74) is 2.23. The van der Waals surface area contributed by atoms with Crippen LogP contribution in [0.3, 0.4) is 0 Å². The zero-order valence-corrected chi connectivity index (χ0v) is 16.6. The number of amides is 2. The van der Waals surface area contributed by atoms with Gasteiger partial charge in [0.25, 0.3) is 0 Å². The summed E-state index contributed by atoms with van der Waals surface area (Å²) >= 11 is 0. The lowest BCUT2D eigenvalue weighted by Gasteiger charge is -2.38. The molecule has 0 saturated carbocycles. The summed E-state index contributed by atoms with van der Waals surface area (Å²) < 4.78 is 5.22. The van der Waals surface area contributed by atoms with E-state index >= 15 is 0 Å². The number of carbonyl (C=O) groups is 2. The van der Waals surface area contributed by atoms with E-state index in [4.69, 9.17) is 4.74 Å². The molecule has 28 heavy (non-hydrogen) atoms. The zero-order chi connectivity index (χ0) is 19.9. The third-order valence-electron chi connectivity index (χ3n) is 5.44. The van der Waals surface area contributed by atoms with Crippen LogP contribution < -0.4 is 10.1 Å². The quantitative estimate of drug-likeness (QED) is 0.750. The highest BCUT2D eigenvalue weighted by Crippen LogP contribution is 2.36. The summed E-state index contributed by atoms with van der Waals surface area (Å²) in [5.74, 6) is 0.616. The van der Waals surface area contributed by atoms with Gasteiger partial charge in [-0.25, -0.2) is 0 Å². The van der Waals surface area contributed by atoms with Crippen LogP contribution in [0.5, 0.6) is 5.75 Å². The standard InChI is InChI=1S/C23H28N2O3/c1-25-21(26)15-14-20(22(25)18-10-12-19(28-2)13-11-18)23(27)24-16-6-9-17-7-4-3-5-8-17/h3-5,7-8,10-13,20,22H,6,9,14-16H2,1-2H3,(H,24,27)/t20-,22+/m1/s1. The molecule has 1 N–H and O–H groups in total. The minimum Gasteiger partial charge on any atom is -0.497 e. The second kappa shape index (κ2) is 9.40. The van der Waals surface area contributed by atoms with Crippen molar-refractivity contribution in [2.24, 2.45) is 5.92 Å². The van der Waals surface area contributed by atoms with Crippen molar-refractivity contribution >= 4 is 11.8 Å². The number of rotatable bonds is 7. The summed E-state index contributed by atoms with van der Waals surface area (Å²) in [5, 5.41) is 3.08. The lowest BCUT2D eigenvalue weighted by atomic mass is 9.84. The molecule has 0 aliphatic carbocycles. The summed E-state index contributed by atoms with van der Waals surface area (Å²) in [7, 11) is 3.41. The maximum absolute atomic E-state index is 12.9. The number of hydrogen-bond acceptors (Lipinski definition) is 3. The molecule has 0 spiro atoms. The van der Waals surface area contributed by atoms with Gasteiger partial charge in [0.1, 0.15) is 5.75 Å². The van der Waals surface area contributed by atoms with E-state index in [1.165, 1.54) is 5.56 Å². The molecule has 5 nitrogen and oxygen atoms in total. The van der Waals surface area contributed by atoms with Gasteiger partial charge in [-0.05, 0) is 42.5 Å². The van der Waals surface area contributed by atoms with Crippen molar-refractivity contribution in [3.05, 3.63) is 65.7 Å². The molecule has 0 unspecified atom stereocenters. The summed E-state index contributed by atoms with van der Waals surface area (Å²) in [6.07, 6.45) is 2.81. The lowest BCUT2D eigenvalue weighted by molar-refractivity contribution is -0.141. The van der Waals surface area contributed by atoms with Crippen LogP contribution in [0.4, 0.5) is 0 Å². The van der Waals surface area contributed by atoms with Crippen LogP contribution in [0.1, 0.15) is 36.4 Å². The van der Waals surface area contributed by atoms with Crippen molar-refractivity contribution in [1.29, 1.82) is 0 Å². The minimum absolute atomic E-state index is 0.0215. The molecule has 2 aromatic carbocycles. The Bertz CT molecular complexity index is 789. The smallest absolute Gasteiger partial charge is 0.225 e. The van der Waals surface area contributed by atoms with Crippen molar-refractivity contribution in [2.45, 2.75) is 31.7 Å². The minimum atomic E-state index is -0.249. The Morgan fingerprint density at radius 1 is 1.14 bits per heavy atom. The Kier molecular flexibility index (Phi) is 6.69. The number of likely N-dealkylation sites (tertiary alicyclic amines) is 1. The van der Waals surface area contributed by atoms with Gasteiger partial charge in [0, 0.05) is 20.0 Å². The summed E-state index contributed by atoms with van der Waals surface area (Å²) in [6.45, 7) is 0.636. The summed E-state index contributed by atoms with van der Waals surface area (Å²) in [6, 6.07) is 17.6. The topological polar surface area (TPSA) is 58.6 Å². The molecular formula is C23H28N2O3. The fourth-order valence-electron chi connectivity index (χ4n) is 3.85. The number of piperidine rings is 1. The number of nitrogens with one attached hydrogen (secondary N) is 1. The molecule has 0 radical (unpaired) electrons. The summed E-state index contributed by atoms with van der Waals surface area (Å²) in [4.78, 5) is 26.9. The fourth-order valence-corrected chi connectivity index (χ4v) is 3.85. The molecule has 1 heterocycles. The van der Waals surface area contributed by atoms with Crippen LogP contribution in [0.15, 0.2) is 54.6 Å². The molecular weight excluding hydrogens is 352 g/mol. The second-order valence-corrected chi connectivity index (χ2v) is 7.25. The van der Waals surface area contributed by atoms with Crippen LogP contribution in [-0.2, 0) is 16.0 Å². The maximum atomic E-state index is 12.9. The van der Waals surface area contributed by atoms with Gasteiger partial charge >= 0.3 is 0 Å². The highest BCUT2D eigenvalue weighted by atomic mass is 16.5. The number of methoxy groups -OCH3 is 1. The van der Waals surface area contributed by atoms with Gasteiger partial charge in [-0.15, -0.1) is 0 Å². The molecule has 2 amide bonds. The largest absolute Gasteiger partial charge is 0.497 e. The number of aryl methyl sites for hydroxylation is 1. The van der Waals surface area contributed by atoms with E-state index in [1.54, 1.807) is 19.1 Å². The first kappa shape index (κ1) is 19.9. The van der Waals surface area contributed by atoms with E-state index in [-0.39, 0.29) is 23.8 Å². The third kappa shape index (κ3) is 4.71. The highest BCUT2D eigenvalue weighted by molar-refractivity contribution is 5.84. The van der Waals surface area contributed by atoms with E-state index in [0.717, 1.165) is 24.2 Å².